The molecular weight excluding hydrogens is 107 g/mol. The van der Waals surface area contributed by atoms with Gasteiger partial charge in [0, 0.05) is 0 Å². The van der Waals surface area contributed by atoms with Gasteiger partial charge in [-0.1, -0.05) is 38.4 Å². The van der Waals surface area contributed by atoms with Crippen LogP contribution in [-0.2, 0) is 0 Å². The van der Waals surface area contributed by atoms with Crippen molar-refractivity contribution < 1.29 is 0 Å². The predicted octanol–water partition coefficient (Wildman–Crippen LogP) is 2.15. The van der Waals surface area contributed by atoms with Crippen molar-refractivity contribution in [1.29, 1.82) is 0 Å². The van der Waals surface area contributed by atoms with Crippen molar-refractivity contribution in [3.8, 4) is 0 Å². The highest BCUT2D eigenvalue weighted by atomic mass is 14.1. The summed E-state index contributed by atoms with van der Waals surface area (Å²) in [5, 5.41) is 0. The molecule has 0 aromatic carbocycles. The van der Waals surface area contributed by atoms with Crippen molar-refractivity contribution in [3.63, 3.8) is 0 Å². The van der Waals surface area contributed by atoms with Crippen LogP contribution in [0, 0.1) is 5.41 Å². The van der Waals surface area contributed by atoms with Crippen LogP contribution < -0.4 is 0 Å². The van der Waals surface area contributed by atoms with Crippen LogP contribution in [-0.4, -0.2) is 7.28 Å². The molecule has 9 heavy (non-hydrogen) atoms. The van der Waals surface area contributed by atoms with Gasteiger partial charge < -0.3 is 0 Å². The average Bonchev–Trinajstić information content (AvgIpc) is 2.08. The SMILES string of the molecule is CC(C)(C)C1=CC=C[B]1. The van der Waals surface area contributed by atoms with Gasteiger partial charge in [-0.2, -0.15) is 0 Å². The summed E-state index contributed by atoms with van der Waals surface area (Å²) in [6, 6.07) is 0. The van der Waals surface area contributed by atoms with E-state index in [2.05, 4.69) is 46.2 Å². The highest BCUT2D eigenvalue weighted by molar-refractivity contribution is 6.52. The summed E-state index contributed by atoms with van der Waals surface area (Å²) in [6.45, 7) is 6.67. The summed E-state index contributed by atoms with van der Waals surface area (Å²) in [5.74, 6) is 2.08. The van der Waals surface area contributed by atoms with Gasteiger partial charge in [-0.15, -0.1) is 5.98 Å². The smallest absolute Gasteiger partial charge is 0.117 e. The van der Waals surface area contributed by atoms with Crippen LogP contribution in [0.3, 0.4) is 0 Å². The van der Waals surface area contributed by atoms with E-state index in [0.29, 0.717) is 5.41 Å². The zero-order valence-electron chi connectivity index (χ0n) is 6.31. The number of allylic oxidation sites excluding steroid dienone is 3. The lowest BCUT2D eigenvalue weighted by Crippen LogP contribution is -2.11. The Hall–Kier alpha value is -0.455. The Labute approximate surface area is 57.9 Å². The van der Waals surface area contributed by atoms with Gasteiger partial charge in [-0.25, -0.2) is 0 Å². The molecular formula is C8H12B. The van der Waals surface area contributed by atoms with E-state index >= 15 is 0 Å². The monoisotopic (exact) mass is 119 g/mol. The van der Waals surface area contributed by atoms with Crippen molar-refractivity contribution in [1.82, 2.24) is 0 Å². The van der Waals surface area contributed by atoms with E-state index < -0.39 is 0 Å². The van der Waals surface area contributed by atoms with Crippen molar-refractivity contribution in [2.24, 2.45) is 5.41 Å². The highest BCUT2D eigenvalue weighted by Gasteiger charge is 2.16. The molecule has 1 aliphatic rings. The van der Waals surface area contributed by atoms with Crippen molar-refractivity contribution in [2.45, 2.75) is 20.8 Å². The van der Waals surface area contributed by atoms with E-state index in [1.807, 2.05) is 0 Å². The lowest BCUT2D eigenvalue weighted by atomic mass is 9.62. The maximum Gasteiger partial charge on any atom is 0.176 e. The molecule has 0 amide bonds. The third kappa shape index (κ3) is 1.47. The van der Waals surface area contributed by atoms with Gasteiger partial charge in [0.1, 0.15) is 0 Å². The molecule has 0 spiro atoms. The second-order valence-electron chi connectivity index (χ2n) is 3.42. The molecule has 1 radical (unpaired) electrons. The molecule has 0 unspecified atom stereocenters. The first kappa shape index (κ1) is 6.66. The summed E-state index contributed by atoms with van der Waals surface area (Å²) >= 11 is 0. The molecule has 0 bridgehead atoms. The summed E-state index contributed by atoms with van der Waals surface area (Å²) in [6.07, 6.45) is 4.25. The minimum atomic E-state index is 0.323. The zero-order chi connectivity index (χ0) is 6.91. The van der Waals surface area contributed by atoms with Crippen LogP contribution in [0.15, 0.2) is 23.6 Å². The van der Waals surface area contributed by atoms with E-state index in [4.69, 9.17) is 0 Å². The molecule has 0 atom stereocenters. The summed E-state index contributed by atoms with van der Waals surface area (Å²) in [4.78, 5) is 0. The third-order valence-corrected chi connectivity index (χ3v) is 1.53. The van der Waals surface area contributed by atoms with Crippen LogP contribution in [0.5, 0.6) is 0 Å². The fourth-order valence-corrected chi connectivity index (χ4v) is 0.874. The number of rotatable bonds is 0. The van der Waals surface area contributed by atoms with Gasteiger partial charge in [0.05, 0.1) is 0 Å². The van der Waals surface area contributed by atoms with E-state index in [-0.39, 0.29) is 0 Å². The first-order valence-corrected chi connectivity index (χ1v) is 3.33. The average molecular weight is 119 g/mol. The third-order valence-electron chi connectivity index (χ3n) is 1.53. The van der Waals surface area contributed by atoms with Crippen LogP contribution >= 0.6 is 0 Å². The van der Waals surface area contributed by atoms with Gasteiger partial charge in [0.25, 0.3) is 0 Å². The van der Waals surface area contributed by atoms with Gasteiger partial charge >= 0.3 is 0 Å². The highest BCUT2D eigenvalue weighted by Crippen LogP contribution is 2.26. The molecule has 1 heteroatoms. The summed E-state index contributed by atoms with van der Waals surface area (Å²) in [7, 11) is 2.17. The van der Waals surface area contributed by atoms with Crippen molar-refractivity contribution in [3.05, 3.63) is 23.6 Å². The Bertz CT molecular complexity index is 158. The molecule has 1 aliphatic heterocycles. The molecule has 0 nitrogen and oxygen atoms in total. The second-order valence-corrected chi connectivity index (χ2v) is 3.42. The Kier molecular flexibility index (Phi) is 1.52. The molecule has 0 fully saturated rings. The molecule has 1 heterocycles. The van der Waals surface area contributed by atoms with E-state index in [1.165, 1.54) is 5.47 Å². The lowest BCUT2D eigenvalue weighted by Gasteiger charge is -2.19. The standard InChI is InChI=1S/C8H12B/c1-8(2,3)7-5-4-6-9-7/h4-6H,1-3H3. The van der Waals surface area contributed by atoms with Crippen molar-refractivity contribution >= 4 is 7.28 Å². The molecule has 0 saturated heterocycles. The van der Waals surface area contributed by atoms with Gasteiger partial charge in [0.2, 0.25) is 0 Å². The van der Waals surface area contributed by atoms with Crippen LogP contribution in [0.1, 0.15) is 20.8 Å². The predicted molar refractivity (Wildman–Crippen MR) is 42.4 cm³/mol. The molecule has 0 aromatic rings. The molecule has 1 rings (SSSR count). The fourth-order valence-electron chi connectivity index (χ4n) is 0.874. The minimum Gasteiger partial charge on any atom is -0.117 e. The largest absolute Gasteiger partial charge is 0.176 e. The Morgan fingerprint density at radius 2 is 2.00 bits per heavy atom. The van der Waals surface area contributed by atoms with Crippen LogP contribution in [0.4, 0.5) is 0 Å². The van der Waals surface area contributed by atoms with Crippen LogP contribution in [0.25, 0.3) is 0 Å². The molecule has 0 aliphatic carbocycles. The Balaban J connectivity index is 2.66. The Morgan fingerprint density at radius 1 is 1.33 bits per heavy atom. The van der Waals surface area contributed by atoms with Gasteiger partial charge in [-0.05, 0) is 5.41 Å². The normalized spacial score (nSPS) is 17.4. The van der Waals surface area contributed by atoms with E-state index in [1.54, 1.807) is 0 Å². The molecule has 0 saturated carbocycles. The first-order chi connectivity index (χ1) is 4.11. The van der Waals surface area contributed by atoms with Gasteiger partial charge in [0.15, 0.2) is 7.28 Å². The molecule has 0 N–H and O–H groups in total. The summed E-state index contributed by atoms with van der Waals surface area (Å²) in [5.41, 5.74) is 1.74. The number of hydrogen-bond donors (Lipinski definition) is 0. The van der Waals surface area contributed by atoms with E-state index in [9.17, 15) is 0 Å². The maximum absolute atomic E-state index is 2.22. The first-order valence-electron chi connectivity index (χ1n) is 3.33. The molecule has 47 valence electrons. The number of hydrogen-bond acceptors (Lipinski definition) is 0. The fraction of sp³-hybridized carbons (Fsp3) is 0.500. The Morgan fingerprint density at radius 3 is 2.22 bits per heavy atom. The van der Waals surface area contributed by atoms with Crippen LogP contribution in [0.2, 0.25) is 0 Å². The topological polar surface area (TPSA) is 0 Å². The second kappa shape index (κ2) is 2.05. The van der Waals surface area contributed by atoms with Crippen molar-refractivity contribution in [2.75, 3.05) is 0 Å². The minimum absolute atomic E-state index is 0.323. The zero-order valence-corrected chi connectivity index (χ0v) is 6.31. The summed E-state index contributed by atoms with van der Waals surface area (Å²) < 4.78 is 0. The maximum atomic E-state index is 2.22. The van der Waals surface area contributed by atoms with E-state index in [0.717, 1.165) is 0 Å². The molecule has 0 aromatic heterocycles. The lowest BCUT2D eigenvalue weighted by molar-refractivity contribution is 0.530. The van der Waals surface area contributed by atoms with Gasteiger partial charge in [-0.3, -0.25) is 0 Å². The quantitative estimate of drug-likeness (QED) is 0.428.